The Kier molecular flexibility index (Phi) is 6.30. The molecule has 5 unspecified atom stereocenters. The molecule has 1 saturated heterocycles. The van der Waals surface area contributed by atoms with E-state index in [9.17, 15) is 4.79 Å². The van der Waals surface area contributed by atoms with Crippen LogP contribution < -0.4 is 10.6 Å². The van der Waals surface area contributed by atoms with E-state index in [1.807, 2.05) is 33.8 Å². The van der Waals surface area contributed by atoms with Crippen LogP contribution in [0.2, 0.25) is 0 Å². The lowest BCUT2D eigenvalue weighted by atomic mass is 9.92. The van der Waals surface area contributed by atoms with E-state index in [1.165, 1.54) is 6.20 Å². The van der Waals surface area contributed by atoms with Gasteiger partial charge in [-0.25, -0.2) is 4.79 Å². The first-order valence-corrected chi connectivity index (χ1v) is 8.34. The van der Waals surface area contributed by atoms with Gasteiger partial charge in [-0.05, 0) is 33.8 Å². The van der Waals surface area contributed by atoms with E-state index in [0.717, 1.165) is 11.5 Å². The smallest absolute Gasteiger partial charge is 0.163 e. The van der Waals surface area contributed by atoms with Crippen LogP contribution in [0, 0.1) is 0 Å². The standard InChI is InChI=1S/C18H28N2O5/c1-11(2)20-13-9-12(3)24-17(15(13)19-7-8-21)16(22-6)14-10-23-18(4,5)25-14/h7,9,13-17,19-20H,1,10H2,2-6H3. The first kappa shape index (κ1) is 19.5. The third-order valence-corrected chi connectivity index (χ3v) is 4.22. The second-order valence-electron chi connectivity index (χ2n) is 6.83. The van der Waals surface area contributed by atoms with Crippen LogP contribution in [0.25, 0.3) is 0 Å². The Hall–Kier alpha value is -1.79. The average molecular weight is 352 g/mol. The maximum Gasteiger partial charge on any atom is 0.163 e. The van der Waals surface area contributed by atoms with Gasteiger partial charge in [0.25, 0.3) is 0 Å². The molecule has 7 heteroatoms. The maximum atomic E-state index is 10.7. The van der Waals surface area contributed by atoms with E-state index in [2.05, 4.69) is 17.2 Å². The molecule has 140 valence electrons. The van der Waals surface area contributed by atoms with Crippen molar-refractivity contribution in [3.05, 3.63) is 30.3 Å². The predicted octanol–water partition coefficient (Wildman–Crippen LogP) is 1.25. The van der Waals surface area contributed by atoms with E-state index >= 15 is 0 Å². The molecule has 0 aromatic carbocycles. The fraction of sp³-hybridized carbons (Fsp3) is 0.667. The Balaban J connectivity index is 2.28. The van der Waals surface area contributed by atoms with Gasteiger partial charge in [-0.1, -0.05) is 6.58 Å². The highest BCUT2D eigenvalue weighted by Crippen LogP contribution is 2.31. The number of methoxy groups -OCH3 is 1. The number of ether oxygens (including phenoxy) is 4. The molecule has 7 nitrogen and oxygen atoms in total. The van der Waals surface area contributed by atoms with E-state index in [-0.39, 0.29) is 18.2 Å². The Morgan fingerprint density at radius 3 is 2.80 bits per heavy atom. The molecule has 2 rings (SSSR count). The SMILES string of the molecule is C=C(C)NC1C=C(C)OC(C(OC)C2COC(C)(C)O2)C1NC=C=O. The quantitative estimate of drug-likeness (QED) is 0.668. The second-order valence-corrected chi connectivity index (χ2v) is 6.83. The summed E-state index contributed by atoms with van der Waals surface area (Å²) in [6.45, 7) is 11.8. The van der Waals surface area contributed by atoms with Crippen LogP contribution >= 0.6 is 0 Å². The van der Waals surface area contributed by atoms with Crippen molar-refractivity contribution in [3.63, 3.8) is 0 Å². The van der Waals surface area contributed by atoms with Crippen molar-refractivity contribution in [3.8, 4) is 0 Å². The number of nitrogens with one attached hydrogen (secondary N) is 2. The number of rotatable bonds is 7. The molecular weight excluding hydrogens is 324 g/mol. The summed E-state index contributed by atoms with van der Waals surface area (Å²) in [6, 6.07) is -0.409. The molecule has 0 aliphatic carbocycles. The van der Waals surface area contributed by atoms with Gasteiger partial charge in [0.1, 0.15) is 24.3 Å². The number of hydrogen-bond acceptors (Lipinski definition) is 7. The molecule has 0 spiro atoms. The van der Waals surface area contributed by atoms with Gasteiger partial charge in [0.05, 0.1) is 30.6 Å². The Bertz CT molecular complexity index is 568. The van der Waals surface area contributed by atoms with Crippen molar-refractivity contribution in [1.82, 2.24) is 10.6 Å². The predicted molar refractivity (Wildman–Crippen MR) is 93.3 cm³/mol. The molecule has 2 aliphatic heterocycles. The van der Waals surface area contributed by atoms with Crippen LogP contribution in [0.5, 0.6) is 0 Å². The van der Waals surface area contributed by atoms with Gasteiger partial charge in [-0.15, -0.1) is 0 Å². The summed E-state index contributed by atoms with van der Waals surface area (Å²) in [5.74, 6) is 1.85. The van der Waals surface area contributed by atoms with Crippen LogP contribution in [0.3, 0.4) is 0 Å². The Morgan fingerprint density at radius 1 is 1.56 bits per heavy atom. The van der Waals surface area contributed by atoms with Crippen molar-refractivity contribution >= 4 is 5.94 Å². The van der Waals surface area contributed by atoms with Crippen molar-refractivity contribution in [2.24, 2.45) is 0 Å². The molecule has 25 heavy (non-hydrogen) atoms. The second kappa shape index (κ2) is 8.06. The molecule has 1 fully saturated rings. The lowest BCUT2D eigenvalue weighted by Crippen LogP contribution is -2.60. The van der Waals surface area contributed by atoms with Crippen molar-refractivity contribution in [2.45, 2.75) is 63.9 Å². The third kappa shape index (κ3) is 4.86. The minimum absolute atomic E-state index is 0.131. The van der Waals surface area contributed by atoms with E-state index in [4.69, 9.17) is 18.9 Å². The first-order valence-electron chi connectivity index (χ1n) is 8.34. The summed E-state index contributed by atoms with van der Waals surface area (Å²) in [5, 5.41) is 6.35. The number of hydrogen-bond donors (Lipinski definition) is 2. The topological polar surface area (TPSA) is 78.1 Å². The molecule has 0 amide bonds. The van der Waals surface area contributed by atoms with E-state index in [0.29, 0.717) is 6.61 Å². The van der Waals surface area contributed by atoms with Crippen molar-refractivity contribution < 1.29 is 23.7 Å². The minimum Gasteiger partial charge on any atom is -0.490 e. The normalized spacial score (nSPS) is 32.0. The lowest BCUT2D eigenvalue weighted by molar-refractivity contribution is -0.170. The summed E-state index contributed by atoms with van der Waals surface area (Å²) < 4.78 is 23.4. The average Bonchev–Trinajstić information content (AvgIpc) is 2.86. The highest BCUT2D eigenvalue weighted by molar-refractivity contribution is 5.44. The monoisotopic (exact) mass is 352 g/mol. The van der Waals surface area contributed by atoms with Crippen LogP contribution in [-0.4, -0.2) is 55.8 Å². The van der Waals surface area contributed by atoms with Crippen LogP contribution in [0.4, 0.5) is 0 Å². The summed E-state index contributed by atoms with van der Waals surface area (Å²) in [5.41, 5.74) is 0.812. The fourth-order valence-corrected chi connectivity index (χ4v) is 3.28. The van der Waals surface area contributed by atoms with Crippen molar-refractivity contribution in [2.75, 3.05) is 13.7 Å². The molecule has 0 bridgehead atoms. The van der Waals surface area contributed by atoms with Gasteiger partial charge in [0, 0.05) is 12.8 Å². The van der Waals surface area contributed by atoms with Gasteiger partial charge >= 0.3 is 0 Å². The first-order chi connectivity index (χ1) is 11.8. The van der Waals surface area contributed by atoms with E-state index in [1.54, 1.807) is 13.1 Å². The van der Waals surface area contributed by atoms with Gasteiger partial charge in [0.2, 0.25) is 0 Å². The molecular formula is C18H28N2O5. The fourth-order valence-electron chi connectivity index (χ4n) is 3.28. The highest BCUT2D eigenvalue weighted by Gasteiger charge is 2.47. The summed E-state index contributed by atoms with van der Waals surface area (Å²) in [6.07, 6.45) is 2.11. The number of allylic oxidation sites excluding steroid dienone is 2. The summed E-state index contributed by atoms with van der Waals surface area (Å²) >= 11 is 0. The molecule has 2 heterocycles. The zero-order valence-corrected chi connectivity index (χ0v) is 15.5. The zero-order chi connectivity index (χ0) is 18.6. The third-order valence-electron chi connectivity index (χ3n) is 4.22. The molecule has 0 saturated carbocycles. The number of carbonyl (C=O) groups excluding carboxylic acids is 1. The lowest BCUT2D eigenvalue weighted by Gasteiger charge is -2.42. The van der Waals surface area contributed by atoms with Gasteiger partial charge in [-0.3, -0.25) is 0 Å². The minimum atomic E-state index is -0.665. The van der Waals surface area contributed by atoms with Gasteiger partial charge < -0.3 is 29.6 Å². The van der Waals surface area contributed by atoms with Crippen LogP contribution in [-0.2, 0) is 23.7 Å². The van der Waals surface area contributed by atoms with Crippen LogP contribution in [0.15, 0.2) is 30.3 Å². The molecule has 0 aromatic heterocycles. The molecule has 2 N–H and O–H groups in total. The van der Waals surface area contributed by atoms with Crippen molar-refractivity contribution in [1.29, 1.82) is 0 Å². The molecule has 5 atom stereocenters. The maximum absolute atomic E-state index is 10.7. The zero-order valence-electron chi connectivity index (χ0n) is 15.5. The Labute approximate surface area is 149 Å². The molecule has 0 radical (unpaired) electrons. The highest BCUT2D eigenvalue weighted by atomic mass is 16.8. The Morgan fingerprint density at radius 2 is 2.28 bits per heavy atom. The molecule has 2 aliphatic rings. The summed E-state index contributed by atoms with van der Waals surface area (Å²) in [4.78, 5) is 10.7. The molecule has 0 aromatic rings. The largest absolute Gasteiger partial charge is 0.490 e. The van der Waals surface area contributed by atoms with Gasteiger partial charge in [-0.2, -0.15) is 0 Å². The summed E-state index contributed by atoms with van der Waals surface area (Å²) in [7, 11) is 1.62. The van der Waals surface area contributed by atoms with Gasteiger partial charge in [0.15, 0.2) is 5.79 Å². The van der Waals surface area contributed by atoms with E-state index < -0.39 is 18.0 Å². The van der Waals surface area contributed by atoms with Crippen LogP contribution in [0.1, 0.15) is 27.7 Å².